The third-order valence-corrected chi connectivity index (χ3v) is 2.57. The molecule has 0 radical (unpaired) electrons. The Hall–Kier alpha value is -2.49. The molecule has 0 aromatic heterocycles. The molecule has 112 valence electrons. The van der Waals surface area contributed by atoms with E-state index in [0.717, 1.165) is 19.2 Å². The van der Waals surface area contributed by atoms with E-state index in [0.29, 0.717) is 6.07 Å². The number of halogens is 3. The molecule has 0 saturated carbocycles. The molecule has 0 saturated heterocycles. The molecule has 7 heteroatoms. The standard InChI is InChI=1S/C14H12F3NO3/c1-3-5-11(13(20)21-2)18-12(19)9-6-4-7-10(8-9)14(15,16)17/h1,4,6-8,11H,5H2,2H3,(H,18,19)/t11-/m1/s1. The fourth-order valence-electron chi connectivity index (χ4n) is 1.53. The van der Waals surface area contributed by atoms with Crippen molar-refractivity contribution in [3.8, 4) is 12.3 Å². The van der Waals surface area contributed by atoms with Gasteiger partial charge in [-0.2, -0.15) is 13.2 Å². The Morgan fingerprint density at radius 1 is 1.43 bits per heavy atom. The van der Waals surface area contributed by atoms with E-state index in [4.69, 9.17) is 6.42 Å². The summed E-state index contributed by atoms with van der Waals surface area (Å²) in [5, 5.41) is 2.24. The summed E-state index contributed by atoms with van der Waals surface area (Å²) in [6, 6.07) is 2.73. The minimum absolute atomic E-state index is 0.128. The normalized spacial score (nSPS) is 12.1. The van der Waals surface area contributed by atoms with E-state index in [1.807, 2.05) is 0 Å². The predicted molar refractivity (Wildman–Crippen MR) is 68.2 cm³/mol. The lowest BCUT2D eigenvalue weighted by Crippen LogP contribution is -2.41. The molecule has 21 heavy (non-hydrogen) atoms. The quantitative estimate of drug-likeness (QED) is 0.683. The van der Waals surface area contributed by atoms with Crippen LogP contribution in [0.3, 0.4) is 0 Å². The lowest BCUT2D eigenvalue weighted by molar-refractivity contribution is -0.142. The third kappa shape index (κ3) is 4.53. The summed E-state index contributed by atoms with van der Waals surface area (Å²) in [7, 11) is 1.11. The largest absolute Gasteiger partial charge is 0.467 e. The zero-order valence-corrected chi connectivity index (χ0v) is 11.0. The van der Waals surface area contributed by atoms with E-state index >= 15 is 0 Å². The minimum atomic E-state index is -4.56. The van der Waals surface area contributed by atoms with E-state index in [2.05, 4.69) is 16.0 Å². The molecular weight excluding hydrogens is 287 g/mol. The van der Waals surface area contributed by atoms with Crippen molar-refractivity contribution in [3.63, 3.8) is 0 Å². The average molecular weight is 299 g/mol. The van der Waals surface area contributed by atoms with Crippen LogP contribution < -0.4 is 5.32 Å². The topological polar surface area (TPSA) is 55.4 Å². The average Bonchev–Trinajstić information content (AvgIpc) is 2.45. The number of terminal acetylenes is 1. The maximum absolute atomic E-state index is 12.6. The van der Waals surface area contributed by atoms with Crippen LogP contribution in [-0.4, -0.2) is 25.0 Å². The first kappa shape index (κ1) is 16.6. The first-order valence-electron chi connectivity index (χ1n) is 5.79. The van der Waals surface area contributed by atoms with Crippen LogP contribution in [0.25, 0.3) is 0 Å². The number of methoxy groups -OCH3 is 1. The van der Waals surface area contributed by atoms with Gasteiger partial charge in [-0.25, -0.2) is 4.79 Å². The van der Waals surface area contributed by atoms with Gasteiger partial charge in [0.05, 0.1) is 12.7 Å². The van der Waals surface area contributed by atoms with Gasteiger partial charge in [0.15, 0.2) is 0 Å². The molecule has 0 fully saturated rings. The van der Waals surface area contributed by atoms with Gasteiger partial charge in [0.25, 0.3) is 5.91 Å². The number of amides is 1. The second-order valence-corrected chi connectivity index (χ2v) is 4.04. The number of carbonyl (C=O) groups is 2. The van der Waals surface area contributed by atoms with Crippen molar-refractivity contribution in [3.05, 3.63) is 35.4 Å². The van der Waals surface area contributed by atoms with Crippen molar-refractivity contribution < 1.29 is 27.5 Å². The van der Waals surface area contributed by atoms with E-state index in [-0.39, 0.29) is 12.0 Å². The number of esters is 1. The van der Waals surface area contributed by atoms with Crippen molar-refractivity contribution in [2.24, 2.45) is 0 Å². The maximum atomic E-state index is 12.6. The van der Waals surface area contributed by atoms with Gasteiger partial charge in [0, 0.05) is 12.0 Å². The van der Waals surface area contributed by atoms with Crippen LogP contribution in [0.1, 0.15) is 22.3 Å². The molecule has 1 atom stereocenters. The number of nitrogens with one attached hydrogen (secondary N) is 1. The summed E-state index contributed by atoms with van der Waals surface area (Å²) in [6.07, 6.45) is 0.373. The second kappa shape index (κ2) is 6.79. The molecule has 1 aromatic carbocycles. The molecule has 1 aromatic rings. The molecule has 0 aliphatic heterocycles. The van der Waals surface area contributed by atoms with Crippen LogP contribution in [0.4, 0.5) is 13.2 Å². The summed E-state index contributed by atoms with van der Waals surface area (Å²) in [5.74, 6) is 0.569. The number of hydrogen-bond acceptors (Lipinski definition) is 3. The first-order chi connectivity index (χ1) is 9.79. The fraction of sp³-hybridized carbons (Fsp3) is 0.286. The number of ether oxygens (including phenoxy) is 1. The van der Waals surface area contributed by atoms with Crippen LogP contribution in [-0.2, 0) is 15.7 Å². The van der Waals surface area contributed by atoms with Crippen LogP contribution in [0, 0.1) is 12.3 Å². The van der Waals surface area contributed by atoms with Gasteiger partial charge >= 0.3 is 12.1 Å². The highest BCUT2D eigenvalue weighted by molar-refractivity contribution is 5.97. The fourth-order valence-corrected chi connectivity index (χ4v) is 1.53. The monoisotopic (exact) mass is 299 g/mol. The van der Waals surface area contributed by atoms with Crippen molar-refractivity contribution in [1.82, 2.24) is 5.32 Å². The summed E-state index contributed by atoms with van der Waals surface area (Å²) in [6.45, 7) is 0. The van der Waals surface area contributed by atoms with Crippen LogP contribution >= 0.6 is 0 Å². The Morgan fingerprint density at radius 3 is 2.62 bits per heavy atom. The van der Waals surface area contributed by atoms with Crippen molar-refractivity contribution >= 4 is 11.9 Å². The number of rotatable bonds is 4. The highest BCUT2D eigenvalue weighted by Crippen LogP contribution is 2.29. The van der Waals surface area contributed by atoms with Crippen LogP contribution in [0.2, 0.25) is 0 Å². The van der Waals surface area contributed by atoms with Crippen LogP contribution in [0.15, 0.2) is 24.3 Å². The zero-order valence-electron chi connectivity index (χ0n) is 11.0. The third-order valence-electron chi connectivity index (χ3n) is 2.57. The number of hydrogen-bond donors (Lipinski definition) is 1. The van der Waals surface area contributed by atoms with E-state index in [1.54, 1.807) is 0 Å². The smallest absolute Gasteiger partial charge is 0.416 e. The summed E-state index contributed by atoms with van der Waals surface area (Å²) >= 11 is 0. The molecule has 0 aliphatic rings. The zero-order chi connectivity index (χ0) is 16.0. The van der Waals surface area contributed by atoms with E-state index in [9.17, 15) is 22.8 Å². The van der Waals surface area contributed by atoms with Crippen molar-refractivity contribution in [1.29, 1.82) is 0 Å². The second-order valence-electron chi connectivity index (χ2n) is 4.04. The van der Waals surface area contributed by atoms with Gasteiger partial charge in [-0.3, -0.25) is 4.79 Å². The van der Waals surface area contributed by atoms with Crippen LogP contribution in [0.5, 0.6) is 0 Å². The van der Waals surface area contributed by atoms with Crippen molar-refractivity contribution in [2.45, 2.75) is 18.6 Å². The molecular formula is C14H12F3NO3. The number of carbonyl (C=O) groups excluding carboxylic acids is 2. The van der Waals surface area contributed by atoms with E-state index in [1.165, 1.54) is 6.07 Å². The molecule has 1 N–H and O–H groups in total. The van der Waals surface area contributed by atoms with Gasteiger partial charge in [0.2, 0.25) is 0 Å². The highest BCUT2D eigenvalue weighted by Gasteiger charge is 2.31. The Bertz CT molecular complexity index is 576. The summed E-state index contributed by atoms with van der Waals surface area (Å²) < 4.78 is 42.1. The molecule has 0 heterocycles. The van der Waals surface area contributed by atoms with Gasteiger partial charge in [-0.05, 0) is 18.2 Å². The molecule has 0 aliphatic carbocycles. The number of alkyl halides is 3. The minimum Gasteiger partial charge on any atom is -0.467 e. The summed E-state index contributed by atoms with van der Waals surface area (Å²) in [4.78, 5) is 23.3. The predicted octanol–water partition coefficient (Wildman–Crippen LogP) is 2.00. The van der Waals surface area contributed by atoms with Gasteiger partial charge in [-0.1, -0.05) is 6.07 Å². The van der Waals surface area contributed by atoms with Gasteiger partial charge in [-0.15, -0.1) is 12.3 Å². The SMILES string of the molecule is C#CC[C@@H](NC(=O)c1cccc(C(F)(F)F)c1)C(=O)OC. The lowest BCUT2D eigenvalue weighted by atomic mass is 10.1. The lowest BCUT2D eigenvalue weighted by Gasteiger charge is -2.14. The van der Waals surface area contributed by atoms with Gasteiger partial charge < -0.3 is 10.1 Å². The Labute approximate surface area is 119 Å². The molecule has 0 unspecified atom stereocenters. The molecule has 0 spiro atoms. The first-order valence-corrected chi connectivity index (χ1v) is 5.79. The highest BCUT2D eigenvalue weighted by atomic mass is 19.4. The molecule has 0 bridgehead atoms. The van der Waals surface area contributed by atoms with Crippen molar-refractivity contribution in [2.75, 3.05) is 7.11 Å². The molecule has 4 nitrogen and oxygen atoms in total. The van der Waals surface area contributed by atoms with Gasteiger partial charge in [0.1, 0.15) is 6.04 Å². The number of benzene rings is 1. The van der Waals surface area contributed by atoms with E-state index < -0.39 is 29.7 Å². The Morgan fingerprint density at radius 2 is 2.10 bits per heavy atom. The molecule has 1 rings (SSSR count). The summed E-state index contributed by atoms with van der Waals surface area (Å²) in [5.41, 5.74) is -1.18. The molecule has 1 amide bonds. The Kier molecular flexibility index (Phi) is 5.36. The maximum Gasteiger partial charge on any atom is 0.416 e. The Balaban J connectivity index is 2.93.